The Balaban J connectivity index is 1.41. The lowest BCUT2D eigenvalue weighted by atomic mass is 9.79. The van der Waals surface area contributed by atoms with Crippen molar-refractivity contribution < 1.29 is 4.79 Å². The maximum absolute atomic E-state index is 12.1. The molecule has 3 heteroatoms. The Kier molecular flexibility index (Phi) is 4.42. The van der Waals surface area contributed by atoms with Crippen LogP contribution >= 0.6 is 0 Å². The smallest absolute Gasteiger partial charge is 0.220 e. The van der Waals surface area contributed by atoms with E-state index in [0.717, 1.165) is 18.3 Å². The van der Waals surface area contributed by atoms with Crippen LogP contribution in [0.3, 0.4) is 0 Å². The van der Waals surface area contributed by atoms with Gasteiger partial charge in [0.25, 0.3) is 0 Å². The molecule has 1 aliphatic heterocycles. The minimum Gasteiger partial charge on any atom is -0.353 e. The second-order valence-corrected chi connectivity index (χ2v) is 6.96. The summed E-state index contributed by atoms with van der Waals surface area (Å²) in [5.74, 6) is 2.68. The molecule has 3 aliphatic rings. The highest BCUT2D eigenvalue weighted by molar-refractivity contribution is 5.76. The SMILES string of the molecule is O=C(CC1CCCCC1)NC1CC[C@H]2CNC[C@H]2C1. The molecule has 0 aromatic carbocycles. The predicted molar refractivity (Wildman–Crippen MR) is 76.8 cm³/mol. The van der Waals surface area contributed by atoms with Crippen LogP contribution in [0.2, 0.25) is 0 Å². The summed E-state index contributed by atoms with van der Waals surface area (Å²) in [7, 11) is 0. The lowest BCUT2D eigenvalue weighted by molar-refractivity contribution is -0.123. The molecule has 1 heterocycles. The van der Waals surface area contributed by atoms with E-state index in [9.17, 15) is 4.79 Å². The number of hydrogen-bond donors (Lipinski definition) is 2. The molecule has 1 saturated heterocycles. The number of fused-ring (bicyclic) bond motifs is 1. The molecule has 0 bridgehead atoms. The summed E-state index contributed by atoms with van der Waals surface area (Å²) in [5, 5.41) is 6.80. The van der Waals surface area contributed by atoms with E-state index in [1.807, 2.05) is 0 Å². The van der Waals surface area contributed by atoms with Crippen LogP contribution in [0, 0.1) is 17.8 Å². The minimum absolute atomic E-state index is 0.321. The lowest BCUT2D eigenvalue weighted by Crippen LogP contribution is -2.41. The van der Waals surface area contributed by atoms with Gasteiger partial charge in [0, 0.05) is 12.5 Å². The van der Waals surface area contributed by atoms with E-state index < -0.39 is 0 Å². The van der Waals surface area contributed by atoms with E-state index in [1.54, 1.807) is 0 Å². The maximum atomic E-state index is 12.1. The number of hydrogen-bond acceptors (Lipinski definition) is 2. The lowest BCUT2D eigenvalue weighted by Gasteiger charge is -2.32. The van der Waals surface area contributed by atoms with Crippen LogP contribution in [-0.4, -0.2) is 25.0 Å². The van der Waals surface area contributed by atoms with E-state index in [2.05, 4.69) is 10.6 Å². The fourth-order valence-electron chi connectivity index (χ4n) is 4.37. The van der Waals surface area contributed by atoms with Gasteiger partial charge in [0.2, 0.25) is 5.91 Å². The van der Waals surface area contributed by atoms with E-state index in [1.165, 1.54) is 64.5 Å². The number of carbonyl (C=O) groups excluding carboxylic acids is 1. The first-order chi connectivity index (χ1) is 9.31. The van der Waals surface area contributed by atoms with Gasteiger partial charge in [0.05, 0.1) is 0 Å². The van der Waals surface area contributed by atoms with Gasteiger partial charge in [-0.05, 0) is 62.9 Å². The molecule has 2 saturated carbocycles. The third-order valence-corrected chi connectivity index (χ3v) is 5.52. The molecule has 2 aliphatic carbocycles. The molecule has 108 valence electrons. The van der Waals surface area contributed by atoms with Gasteiger partial charge < -0.3 is 10.6 Å². The van der Waals surface area contributed by atoms with Crippen molar-refractivity contribution in [2.75, 3.05) is 13.1 Å². The van der Waals surface area contributed by atoms with Gasteiger partial charge in [-0.25, -0.2) is 0 Å². The van der Waals surface area contributed by atoms with Gasteiger partial charge >= 0.3 is 0 Å². The van der Waals surface area contributed by atoms with E-state index in [0.29, 0.717) is 17.9 Å². The monoisotopic (exact) mass is 264 g/mol. The zero-order valence-electron chi connectivity index (χ0n) is 12.0. The highest BCUT2D eigenvalue weighted by Crippen LogP contribution is 2.33. The Hall–Kier alpha value is -0.570. The summed E-state index contributed by atoms with van der Waals surface area (Å²) in [4.78, 5) is 12.1. The molecule has 3 atom stereocenters. The molecule has 0 aromatic rings. The van der Waals surface area contributed by atoms with Crippen molar-refractivity contribution in [3.8, 4) is 0 Å². The fraction of sp³-hybridized carbons (Fsp3) is 0.938. The van der Waals surface area contributed by atoms with Gasteiger partial charge in [0.1, 0.15) is 0 Å². The maximum Gasteiger partial charge on any atom is 0.220 e. The van der Waals surface area contributed by atoms with Crippen LogP contribution in [-0.2, 0) is 4.79 Å². The second kappa shape index (κ2) is 6.25. The number of nitrogens with one attached hydrogen (secondary N) is 2. The zero-order chi connectivity index (χ0) is 13.1. The third kappa shape index (κ3) is 3.50. The van der Waals surface area contributed by atoms with Crippen LogP contribution < -0.4 is 10.6 Å². The molecule has 3 rings (SSSR count). The normalized spacial score (nSPS) is 35.9. The van der Waals surface area contributed by atoms with Crippen molar-refractivity contribution in [1.29, 1.82) is 0 Å². The van der Waals surface area contributed by atoms with Gasteiger partial charge in [0.15, 0.2) is 0 Å². The van der Waals surface area contributed by atoms with Crippen LogP contribution in [0.15, 0.2) is 0 Å². The standard InChI is InChI=1S/C16H28N2O/c19-16(8-12-4-2-1-3-5-12)18-15-7-6-13-10-17-11-14(13)9-15/h12-15,17H,1-11H2,(H,18,19)/t13-,14+,15?/m0/s1. The second-order valence-electron chi connectivity index (χ2n) is 6.96. The predicted octanol–water partition coefficient (Wildman–Crippen LogP) is 2.46. The van der Waals surface area contributed by atoms with Crippen LogP contribution in [0.25, 0.3) is 0 Å². The molecule has 1 amide bonds. The molecular weight excluding hydrogens is 236 g/mol. The average molecular weight is 264 g/mol. The molecule has 0 spiro atoms. The van der Waals surface area contributed by atoms with Crippen LogP contribution in [0.1, 0.15) is 57.8 Å². The number of carbonyl (C=O) groups is 1. The Morgan fingerprint density at radius 1 is 1.00 bits per heavy atom. The van der Waals surface area contributed by atoms with Crippen LogP contribution in [0.4, 0.5) is 0 Å². The Bertz CT molecular complexity index is 312. The van der Waals surface area contributed by atoms with Gasteiger partial charge in [-0.1, -0.05) is 19.3 Å². The fourth-order valence-corrected chi connectivity index (χ4v) is 4.37. The summed E-state index contributed by atoms with van der Waals surface area (Å²) in [6, 6.07) is 0.456. The molecule has 0 aromatic heterocycles. The molecule has 0 radical (unpaired) electrons. The van der Waals surface area contributed by atoms with Crippen molar-refractivity contribution in [3.05, 3.63) is 0 Å². The quantitative estimate of drug-likeness (QED) is 0.822. The molecule has 19 heavy (non-hydrogen) atoms. The minimum atomic E-state index is 0.321. The zero-order valence-corrected chi connectivity index (χ0v) is 12.0. The summed E-state index contributed by atoms with van der Waals surface area (Å²) in [6.45, 7) is 2.37. The van der Waals surface area contributed by atoms with Crippen molar-refractivity contribution in [1.82, 2.24) is 10.6 Å². The van der Waals surface area contributed by atoms with E-state index in [-0.39, 0.29) is 0 Å². The summed E-state index contributed by atoms with van der Waals surface area (Å²) in [6.07, 6.45) is 11.0. The molecule has 2 N–H and O–H groups in total. The summed E-state index contributed by atoms with van der Waals surface area (Å²) < 4.78 is 0. The first kappa shape index (κ1) is 13.4. The number of rotatable bonds is 3. The van der Waals surface area contributed by atoms with Gasteiger partial charge in [-0.2, -0.15) is 0 Å². The molecule has 3 fully saturated rings. The first-order valence-corrected chi connectivity index (χ1v) is 8.31. The van der Waals surface area contributed by atoms with Gasteiger partial charge in [-0.3, -0.25) is 4.79 Å². The topological polar surface area (TPSA) is 41.1 Å². The molecule has 3 nitrogen and oxygen atoms in total. The van der Waals surface area contributed by atoms with E-state index >= 15 is 0 Å². The largest absolute Gasteiger partial charge is 0.353 e. The molecular formula is C16H28N2O. The van der Waals surface area contributed by atoms with Crippen molar-refractivity contribution in [2.24, 2.45) is 17.8 Å². The number of amides is 1. The third-order valence-electron chi connectivity index (χ3n) is 5.52. The Labute approximate surface area is 116 Å². The molecule has 1 unspecified atom stereocenters. The average Bonchev–Trinajstić information content (AvgIpc) is 2.87. The first-order valence-electron chi connectivity index (χ1n) is 8.31. The highest BCUT2D eigenvalue weighted by atomic mass is 16.1. The highest BCUT2D eigenvalue weighted by Gasteiger charge is 2.34. The van der Waals surface area contributed by atoms with Crippen molar-refractivity contribution in [3.63, 3.8) is 0 Å². The van der Waals surface area contributed by atoms with E-state index in [4.69, 9.17) is 0 Å². The summed E-state index contributed by atoms with van der Waals surface area (Å²) >= 11 is 0. The van der Waals surface area contributed by atoms with Crippen molar-refractivity contribution in [2.45, 2.75) is 63.8 Å². The van der Waals surface area contributed by atoms with Gasteiger partial charge in [-0.15, -0.1) is 0 Å². The van der Waals surface area contributed by atoms with Crippen molar-refractivity contribution >= 4 is 5.91 Å². The Morgan fingerprint density at radius 2 is 1.79 bits per heavy atom. The van der Waals surface area contributed by atoms with Crippen LogP contribution in [0.5, 0.6) is 0 Å². The summed E-state index contributed by atoms with van der Waals surface area (Å²) in [5.41, 5.74) is 0. The Morgan fingerprint density at radius 3 is 2.63 bits per heavy atom.